The average molecular weight is 200 g/mol. The molecule has 1 aromatic heterocycles. The van der Waals surface area contributed by atoms with E-state index < -0.39 is 0 Å². The summed E-state index contributed by atoms with van der Waals surface area (Å²) in [5.74, 6) is 0.636. The number of nitrogens with one attached hydrogen (secondary N) is 1. The summed E-state index contributed by atoms with van der Waals surface area (Å²) >= 11 is 7.17. The van der Waals surface area contributed by atoms with E-state index >= 15 is 0 Å². The number of halogens is 1. The first-order valence-electron chi connectivity index (χ1n) is 3.31. The number of anilines is 1. The van der Waals surface area contributed by atoms with Gasteiger partial charge in [-0.2, -0.15) is 0 Å². The van der Waals surface area contributed by atoms with Crippen molar-refractivity contribution in [1.82, 2.24) is 4.98 Å². The van der Waals surface area contributed by atoms with Gasteiger partial charge in [0.25, 0.3) is 0 Å². The van der Waals surface area contributed by atoms with Gasteiger partial charge in [0.15, 0.2) is 0 Å². The zero-order valence-electron chi connectivity index (χ0n) is 6.04. The molecule has 3 N–H and O–H groups in total. The van der Waals surface area contributed by atoms with Gasteiger partial charge in [0.05, 0.1) is 5.69 Å². The van der Waals surface area contributed by atoms with Gasteiger partial charge in [-0.05, 0) is 12.1 Å². The molecule has 0 aromatic carbocycles. The largest absolute Gasteiger partial charge is 0.385 e. The van der Waals surface area contributed by atoms with Crippen LogP contribution < -0.4 is 11.1 Å². The Hall–Kier alpha value is -0.870. The standard InChI is InChI=1S/C7H6ClN3S/c8-5-2-1-4-7(11-5)12-3-6(9)10-4/h1-3,10H,9H2. The van der Waals surface area contributed by atoms with Gasteiger partial charge in [-0.3, -0.25) is 0 Å². The number of fused-ring (bicyclic) bond motifs is 1. The van der Waals surface area contributed by atoms with Crippen molar-refractivity contribution in [3.8, 4) is 0 Å². The second-order valence-electron chi connectivity index (χ2n) is 2.30. The van der Waals surface area contributed by atoms with Crippen LogP contribution in [0.2, 0.25) is 5.15 Å². The Labute approximate surface area is 79.0 Å². The third-order valence-corrected chi connectivity index (χ3v) is 2.52. The highest BCUT2D eigenvalue weighted by Crippen LogP contribution is 2.31. The fourth-order valence-corrected chi connectivity index (χ4v) is 1.80. The molecule has 0 spiro atoms. The molecule has 0 aliphatic carbocycles. The first-order chi connectivity index (χ1) is 5.75. The van der Waals surface area contributed by atoms with E-state index in [2.05, 4.69) is 10.3 Å². The third-order valence-electron chi connectivity index (χ3n) is 1.40. The number of nitrogens with two attached hydrogens (primary N) is 1. The number of thioether (sulfide) groups is 1. The molecule has 1 aliphatic heterocycles. The van der Waals surface area contributed by atoms with Crippen molar-refractivity contribution in [3.05, 3.63) is 28.5 Å². The molecule has 0 unspecified atom stereocenters. The predicted molar refractivity (Wildman–Crippen MR) is 51.0 cm³/mol. The molecule has 0 amide bonds. The summed E-state index contributed by atoms with van der Waals surface area (Å²) in [4.78, 5) is 4.11. The summed E-state index contributed by atoms with van der Waals surface area (Å²) in [6.45, 7) is 0. The van der Waals surface area contributed by atoms with E-state index in [1.807, 2.05) is 6.07 Å². The smallest absolute Gasteiger partial charge is 0.130 e. The Balaban J connectivity index is 2.43. The maximum Gasteiger partial charge on any atom is 0.130 e. The normalized spacial score (nSPS) is 14.6. The molecule has 1 aromatic rings. The lowest BCUT2D eigenvalue weighted by Gasteiger charge is -2.14. The van der Waals surface area contributed by atoms with E-state index in [0.29, 0.717) is 11.0 Å². The maximum absolute atomic E-state index is 5.71. The number of hydrogen-bond donors (Lipinski definition) is 2. The SMILES string of the molecule is NC1=CSc2nc(Cl)ccc2N1. The van der Waals surface area contributed by atoms with Crippen LogP contribution in [-0.2, 0) is 0 Å². The topological polar surface area (TPSA) is 50.9 Å². The molecule has 0 saturated heterocycles. The lowest BCUT2D eigenvalue weighted by atomic mass is 10.4. The fraction of sp³-hybridized carbons (Fsp3) is 0. The summed E-state index contributed by atoms with van der Waals surface area (Å²) < 4.78 is 0. The van der Waals surface area contributed by atoms with Crippen LogP contribution in [0.4, 0.5) is 5.69 Å². The van der Waals surface area contributed by atoms with Gasteiger partial charge in [-0.25, -0.2) is 4.98 Å². The minimum absolute atomic E-state index is 0.497. The minimum atomic E-state index is 0.497. The van der Waals surface area contributed by atoms with Crippen molar-refractivity contribution in [1.29, 1.82) is 0 Å². The van der Waals surface area contributed by atoms with E-state index in [0.717, 1.165) is 10.7 Å². The first-order valence-corrected chi connectivity index (χ1v) is 4.57. The maximum atomic E-state index is 5.71. The molecule has 2 rings (SSSR count). The summed E-state index contributed by atoms with van der Waals surface area (Å²) in [7, 11) is 0. The first kappa shape index (κ1) is 7.76. The Morgan fingerprint density at radius 2 is 2.33 bits per heavy atom. The second kappa shape index (κ2) is 2.88. The predicted octanol–water partition coefficient (Wildman–Crippen LogP) is 2.01. The van der Waals surface area contributed by atoms with Crippen LogP contribution in [0.15, 0.2) is 28.4 Å². The number of nitrogens with zero attached hydrogens (tertiary/aromatic N) is 1. The molecule has 0 saturated carbocycles. The Bertz CT molecular complexity index is 351. The van der Waals surface area contributed by atoms with Crippen molar-refractivity contribution in [2.45, 2.75) is 5.03 Å². The monoisotopic (exact) mass is 199 g/mol. The van der Waals surface area contributed by atoms with Crippen molar-refractivity contribution >= 4 is 29.1 Å². The van der Waals surface area contributed by atoms with Crippen molar-refractivity contribution < 1.29 is 0 Å². The Morgan fingerprint density at radius 3 is 3.17 bits per heavy atom. The molecule has 62 valence electrons. The van der Waals surface area contributed by atoms with Crippen molar-refractivity contribution in [2.24, 2.45) is 5.73 Å². The Kier molecular flexibility index (Phi) is 1.86. The molecular formula is C7H6ClN3S. The number of aromatic nitrogens is 1. The zero-order chi connectivity index (χ0) is 8.55. The summed E-state index contributed by atoms with van der Waals surface area (Å²) in [6, 6.07) is 3.59. The molecule has 0 bridgehead atoms. The third kappa shape index (κ3) is 1.35. The lowest BCUT2D eigenvalue weighted by Crippen LogP contribution is -2.12. The van der Waals surface area contributed by atoms with E-state index in [-0.39, 0.29) is 0 Å². The Morgan fingerprint density at radius 1 is 1.50 bits per heavy atom. The lowest BCUT2D eigenvalue weighted by molar-refractivity contribution is 1.11. The molecule has 0 fully saturated rings. The molecule has 1 aliphatic rings. The van der Waals surface area contributed by atoms with Gasteiger partial charge in [0.1, 0.15) is 16.0 Å². The van der Waals surface area contributed by atoms with E-state index in [4.69, 9.17) is 17.3 Å². The fourth-order valence-electron chi connectivity index (χ4n) is 0.907. The number of hydrogen-bond acceptors (Lipinski definition) is 4. The van der Waals surface area contributed by atoms with Crippen LogP contribution in [-0.4, -0.2) is 4.98 Å². The van der Waals surface area contributed by atoms with E-state index in [1.54, 1.807) is 11.5 Å². The molecule has 2 heterocycles. The van der Waals surface area contributed by atoms with E-state index in [1.165, 1.54) is 11.8 Å². The van der Waals surface area contributed by atoms with Crippen LogP contribution in [0.5, 0.6) is 0 Å². The quantitative estimate of drug-likeness (QED) is 0.628. The molecule has 12 heavy (non-hydrogen) atoms. The van der Waals surface area contributed by atoms with Gasteiger partial charge in [0, 0.05) is 5.41 Å². The summed E-state index contributed by atoms with van der Waals surface area (Å²) in [6.07, 6.45) is 0. The summed E-state index contributed by atoms with van der Waals surface area (Å²) in [5.41, 5.74) is 6.46. The van der Waals surface area contributed by atoms with Gasteiger partial charge < -0.3 is 11.1 Å². The highest BCUT2D eigenvalue weighted by molar-refractivity contribution is 8.02. The average Bonchev–Trinajstić information content (AvgIpc) is 2.05. The zero-order valence-corrected chi connectivity index (χ0v) is 7.62. The molecule has 5 heteroatoms. The number of pyridine rings is 1. The molecular weight excluding hydrogens is 194 g/mol. The highest BCUT2D eigenvalue weighted by Gasteiger charge is 2.09. The van der Waals surface area contributed by atoms with Gasteiger partial charge in [-0.15, -0.1) is 0 Å². The van der Waals surface area contributed by atoms with Gasteiger partial charge >= 0.3 is 0 Å². The van der Waals surface area contributed by atoms with Crippen LogP contribution in [0.3, 0.4) is 0 Å². The minimum Gasteiger partial charge on any atom is -0.385 e. The van der Waals surface area contributed by atoms with Gasteiger partial charge in [0.2, 0.25) is 0 Å². The van der Waals surface area contributed by atoms with Gasteiger partial charge in [-0.1, -0.05) is 23.4 Å². The van der Waals surface area contributed by atoms with Crippen molar-refractivity contribution in [2.75, 3.05) is 5.32 Å². The molecule has 0 atom stereocenters. The molecule has 0 radical (unpaired) electrons. The second-order valence-corrected chi connectivity index (χ2v) is 3.55. The molecule has 3 nitrogen and oxygen atoms in total. The highest BCUT2D eigenvalue weighted by atomic mass is 35.5. The van der Waals surface area contributed by atoms with E-state index in [9.17, 15) is 0 Å². The van der Waals surface area contributed by atoms with Crippen LogP contribution in [0, 0.1) is 0 Å². The van der Waals surface area contributed by atoms with Crippen molar-refractivity contribution in [3.63, 3.8) is 0 Å². The van der Waals surface area contributed by atoms with Crippen LogP contribution in [0.25, 0.3) is 0 Å². The van der Waals surface area contributed by atoms with Crippen LogP contribution >= 0.6 is 23.4 Å². The summed E-state index contributed by atoms with van der Waals surface area (Å²) in [5, 5.41) is 6.14. The van der Waals surface area contributed by atoms with Crippen LogP contribution in [0.1, 0.15) is 0 Å². The number of rotatable bonds is 0.